The summed E-state index contributed by atoms with van der Waals surface area (Å²) in [5.74, 6) is -0.260. The van der Waals surface area contributed by atoms with Crippen LogP contribution in [0.2, 0.25) is 0 Å². The van der Waals surface area contributed by atoms with Crippen molar-refractivity contribution in [2.45, 2.75) is 25.3 Å². The van der Waals surface area contributed by atoms with Gasteiger partial charge in [-0.05, 0) is 24.3 Å². The number of carbonyl (C=O) groups excluding carboxylic acids is 1. The molecule has 1 aliphatic rings. The molecule has 9 nitrogen and oxygen atoms in total. The number of para-hydroxylation sites is 1. The van der Waals surface area contributed by atoms with E-state index in [4.69, 9.17) is 14.6 Å². The molecule has 1 aliphatic heterocycles. The standard InChI is InChI=1S/C23H22N4O5/c1-31-19-7-6-14(12-20(19)32-2)17-13-18(27(26-17)21(28)8-9-22(29)30)15-4-3-5-16-23(15)25-11-10-24-16/h3-7,10-12,18H,8-9,13H2,1-2H3,(H,29,30). The van der Waals surface area contributed by atoms with Gasteiger partial charge in [0.1, 0.15) is 0 Å². The third-order valence-electron chi connectivity index (χ3n) is 5.32. The zero-order valence-electron chi connectivity index (χ0n) is 17.7. The van der Waals surface area contributed by atoms with Gasteiger partial charge in [-0.15, -0.1) is 0 Å². The summed E-state index contributed by atoms with van der Waals surface area (Å²) < 4.78 is 10.7. The molecule has 164 valence electrons. The number of benzene rings is 2. The van der Waals surface area contributed by atoms with E-state index in [1.54, 1.807) is 32.7 Å². The van der Waals surface area contributed by atoms with Gasteiger partial charge in [-0.1, -0.05) is 12.1 Å². The second-order valence-corrected chi connectivity index (χ2v) is 7.24. The van der Waals surface area contributed by atoms with Crippen LogP contribution in [0.15, 0.2) is 53.9 Å². The molecular formula is C23H22N4O5. The van der Waals surface area contributed by atoms with Crippen LogP contribution in [0.25, 0.3) is 11.0 Å². The summed E-state index contributed by atoms with van der Waals surface area (Å²) in [5.41, 5.74) is 3.66. The lowest BCUT2D eigenvalue weighted by molar-refractivity contribution is -0.141. The van der Waals surface area contributed by atoms with E-state index >= 15 is 0 Å². The van der Waals surface area contributed by atoms with Crippen molar-refractivity contribution in [1.29, 1.82) is 0 Å². The van der Waals surface area contributed by atoms with Crippen molar-refractivity contribution in [3.63, 3.8) is 0 Å². The monoisotopic (exact) mass is 434 g/mol. The van der Waals surface area contributed by atoms with Gasteiger partial charge in [0.2, 0.25) is 5.91 Å². The highest BCUT2D eigenvalue weighted by molar-refractivity contribution is 6.04. The van der Waals surface area contributed by atoms with Crippen LogP contribution in [0.3, 0.4) is 0 Å². The average molecular weight is 434 g/mol. The minimum atomic E-state index is -1.03. The zero-order valence-corrected chi connectivity index (χ0v) is 17.7. The minimum absolute atomic E-state index is 0.148. The lowest BCUT2D eigenvalue weighted by Crippen LogP contribution is -2.27. The Morgan fingerprint density at radius 2 is 1.84 bits per heavy atom. The molecule has 1 N–H and O–H groups in total. The van der Waals surface area contributed by atoms with Gasteiger partial charge in [-0.25, -0.2) is 5.01 Å². The number of amides is 1. The lowest BCUT2D eigenvalue weighted by Gasteiger charge is -2.22. The summed E-state index contributed by atoms with van der Waals surface area (Å²) in [6.07, 6.45) is 3.24. The molecule has 0 aliphatic carbocycles. The summed E-state index contributed by atoms with van der Waals surface area (Å²) in [6, 6.07) is 10.6. The van der Waals surface area contributed by atoms with Gasteiger partial charge >= 0.3 is 5.97 Å². The molecule has 3 aromatic rings. The number of carboxylic acids is 1. The van der Waals surface area contributed by atoms with Crippen molar-refractivity contribution in [1.82, 2.24) is 15.0 Å². The van der Waals surface area contributed by atoms with E-state index in [-0.39, 0.29) is 18.7 Å². The number of aliphatic carboxylic acids is 1. The quantitative estimate of drug-likeness (QED) is 0.607. The number of hydrogen-bond donors (Lipinski definition) is 1. The first-order valence-electron chi connectivity index (χ1n) is 10.0. The highest BCUT2D eigenvalue weighted by Gasteiger charge is 2.34. The number of carbonyl (C=O) groups is 2. The summed E-state index contributed by atoms with van der Waals surface area (Å²) in [7, 11) is 3.11. The first-order valence-corrected chi connectivity index (χ1v) is 10.0. The van der Waals surface area contributed by atoms with Crippen molar-refractivity contribution >= 4 is 28.6 Å². The highest BCUT2D eigenvalue weighted by Crippen LogP contribution is 2.37. The van der Waals surface area contributed by atoms with Crippen LogP contribution in [0, 0.1) is 0 Å². The van der Waals surface area contributed by atoms with Crippen LogP contribution in [0.5, 0.6) is 11.5 Å². The number of rotatable bonds is 7. The Hall–Kier alpha value is -4.01. The number of fused-ring (bicyclic) bond motifs is 1. The number of hydrazone groups is 1. The molecule has 1 atom stereocenters. The largest absolute Gasteiger partial charge is 0.493 e. The predicted molar refractivity (Wildman–Crippen MR) is 117 cm³/mol. The van der Waals surface area contributed by atoms with Crippen LogP contribution < -0.4 is 9.47 Å². The lowest BCUT2D eigenvalue weighted by atomic mass is 9.96. The number of carboxylic acid groups (broad SMARTS) is 1. The van der Waals surface area contributed by atoms with Crippen LogP contribution in [0.4, 0.5) is 0 Å². The van der Waals surface area contributed by atoms with Crippen molar-refractivity contribution < 1.29 is 24.2 Å². The Kier molecular flexibility index (Phi) is 5.98. The van der Waals surface area contributed by atoms with Gasteiger partial charge in [-0.3, -0.25) is 19.6 Å². The Morgan fingerprint density at radius 1 is 1.06 bits per heavy atom. The molecule has 0 fully saturated rings. The van der Waals surface area contributed by atoms with Crippen molar-refractivity contribution in [3.8, 4) is 11.5 Å². The predicted octanol–water partition coefficient (Wildman–Crippen LogP) is 3.19. The molecule has 2 aromatic carbocycles. The normalized spacial score (nSPS) is 15.5. The molecule has 1 unspecified atom stereocenters. The van der Waals surface area contributed by atoms with E-state index in [0.29, 0.717) is 34.7 Å². The average Bonchev–Trinajstić information content (AvgIpc) is 3.27. The fourth-order valence-corrected chi connectivity index (χ4v) is 3.79. The Balaban J connectivity index is 1.75. The molecule has 0 radical (unpaired) electrons. The Bertz CT molecular complexity index is 1200. The SMILES string of the molecule is COc1ccc(C2=NN(C(=O)CCC(=O)O)C(c3cccc4nccnc34)C2)cc1OC. The number of hydrogen-bond acceptors (Lipinski definition) is 7. The second kappa shape index (κ2) is 9.01. The van der Waals surface area contributed by atoms with Crippen LogP contribution >= 0.6 is 0 Å². The summed E-state index contributed by atoms with van der Waals surface area (Å²) in [5, 5.41) is 15.0. The van der Waals surface area contributed by atoms with E-state index in [2.05, 4.69) is 15.1 Å². The number of ether oxygens (including phenoxy) is 2. The van der Waals surface area contributed by atoms with Crippen LogP contribution in [0.1, 0.15) is 36.4 Å². The van der Waals surface area contributed by atoms with Crippen LogP contribution in [-0.4, -0.2) is 51.9 Å². The van der Waals surface area contributed by atoms with Gasteiger partial charge in [0.15, 0.2) is 11.5 Å². The van der Waals surface area contributed by atoms with Crippen molar-refractivity contribution in [2.75, 3.05) is 14.2 Å². The summed E-state index contributed by atoms with van der Waals surface area (Å²) >= 11 is 0. The van der Waals surface area contributed by atoms with E-state index in [0.717, 1.165) is 11.1 Å². The third kappa shape index (κ3) is 4.09. The zero-order chi connectivity index (χ0) is 22.7. The number of aromatic nitrogens is 2. The maximum atomic E-state index is 12.9. The maximum Gasteiger partial charge on any atom is 0.303 e. The smallest absolute Gasteiger partial charge is 0.303 e. The molecule has 9 heteroatoms. The van der Waals surface area contributed by atoms with Crippen LogP contribution in [-0.2, 0) is 9.59 Å². The third-order valence-corrected chi connectivity index (χ3v) is 5.32. The van der Waals surface area contributed by atoms with Crippen molar-refractivity contribution in [2.24, 2.45) is 5.10 Å². The molecule has 4 rings (SSSR count). The van der Waals surface area contributed by atoms with Gasteiger partial charge in [-0.2, -0.15) is 5.10 Å². The maximum absolute atomic E-state index is 12.9. The first-order chi connectivity index (χ1) is 15.5. The van der Waals surface area contributed by atoms with Gasteiger partial charge in [0, 0.05) is 36.4 Å². The number of methoxy groups -OCH3 is 2. The fraction of sp³-hybridized carbons (Fsp3) is 0.261. The molecule has 0 saturated heterocycles. The summed E-state index contributed by atoms with van der Waals surface area (Å²) in [4.78, 5) is 32.8. The number of nitrogens with zero attached hydrogens (tertiary/aromatic N) is 4. The van der Waals surface area contributed by atoms with Gasteiger partial charge < -0.3 is 14.6 Å². The van der Waals surface area contributed by atoms with E-state index in [9.17, 15) is 9.59 Å². The first kappa shape index (κ1) is 21.2. The second-order valence-electron chi connectivity index (χ2n) is 7.24. The molecule has 1 aromatic heterocycles. The molecule has 0 saturated carbocycles. The van der Waals surface area contributed by atoms with E-state index < -0.39 is 12.0 Å². The molecular weight excluding hydrogens is 412 g/mol. The molecule has 2 heterocycles. The highest BCUT2D eigenvalue weighted by atomic mass is 16.5. The Labute approximate surface area is 184 Å². The Morgan fingerprint density at radius 3 is 2.59 bits per heavy atom. The molecule has 32 heavy (non-hydrogen) atoms. The molecule has 1 amide bonds. The van der Waals surface area contributed by atoms with E-state index in [1.165, 1.54) is 5.01 Å². The molecule has 0 bridgehead atoms. The van der Waals surface area contributed by atoms with Gasteiger partial charge in [0.25, 0.3) is 0 Å². The topological polar surface area (TPSA) is 114 Å². The fourth-order valence-electron chi connectivity index (χ4n) is 3.79. The van der Waals surface area contributed by atoms with Gasteiger partial charge in [0.05, 0.1) is 43.4 Å². The molecule has 0 spiro atoms. The summed E-state index contributed by atoms with van der Waals surface area (Å²) in [6.45, 7) is 0. The minimum Gasteiger partial charge on any atom is -0.493 e. The van der Waals surface area contributed by atoms with E-state index in [1.807, 2.05) is 30.3 Å². The van der Waals surface area contributed by atoms with Crippen molar-refractivity contribution in [3.05, 3.63) is 59.9 Å².